The molecule has 0 fully saturated rings. The summed E-state index contributed by atoms with van der Waals surface area (Å²) in [4.78, 5) is 30.2. The molecule has 0 saturated heterocycles. The molecule has 2 aromatic heterocycles. The molecule has 5 nitrogen and oxygen atoms in total. The summed E-state index contributed by atoms with van der Waals surface area (Å²) >= 11 is 4.83. The number of rotatable bonds is 4. The van der Waals surface area contributed by atoms with Crippen molar-refractivity contribution in [2.75, 3.05) is 5.43 Å². The lowest BCUT2D eigenvalue weighted by molar-refractivity contribution is -0.112. The van der Waals surface area contributed by atoms with Crippen molar-refractivity contribution < 1.29 is 4.79 Å². The molecular formula is C21H14BrN3O2S. The van der Waals surface area contributed by atoms with Crippen molar-refractivity contribution in [3.05, 3.63) is 92.8 Å². The molecule has 1 N–H and O–H groups in total. The van der Waals surface area contributed by atoms with E-state index in [1.807, 2.05) is 60.0 Å². The fraction of sp³-hybridized carbons (Fsp3) is 0. The minimum absolute atomic E-state index is 0.312. The van der Waals surface area contributed by atoms with Gasteiger partial charge < -0.3 is 0 Å². The molecule has 4 rings (SSSR count). The van der Waals surface area contributed by atoms with Crippen LogP contribution in [-0.4, -0.2) is 15.6 Å². The van der Waals surface area contributed by atoms with Gasteiger partial charge in [0, 0.05) is 21.5 Å². The first-order valence-corrected chi connectivity index (χ1v) is 10.1. The van der Waals surface area contributed by atoms with E-state index in [-0.39, 0.29) is 5.56 Å². The van der Waals surface area contributed by atoms with Gasteiger partial charge in [-0.3, -0.25) is 15.0 Å². The first kappa shape index (κ1) is 18.3. The van der Waals surface area contributed by atoms with Crippen LogP contribution in [0.2, 0.25) is 0 Å². The average molecular weight is 452 g/mol. The minimum atomic E-state index is -0.421. The number of carbonyl (C=O) groups excluding carboxylic acids is 1. The largest absolute Gasteiger partial charge is 0.281 e. The molecular weight excluding hydrogens is 438 g/mol. The summed E-state index contributed by atoms with van der Waals surface area (Å²) in [7, 11) is 0. The van der Waals surface area contributed by atoms with Crippen molar-refractivity contribution >= 4 is 49.5 Å². The number of hydrogen-bond donors (Lipinski definition) is 1. The molecule has 2 heterocycles. The van der Waals surface area contributed by atoms with Crippen LogP contribution in [0, 0.1) is 0 Å². The standard InChI is InChI=1S/C21H14BrN3O2S/c22-17-9-5-4-8-15(17)10-11-18(26)24-25-13-23-20-19(21(25)27)16(12-28-20)14-6-2-1-3-7-14/h1-13H,(H,24,26). The van der Waals surface area contributed by atoms with Gasteiger partial charge in [-0.2, -0.15) is 0 Å². The summed E-state index contributed by atoms with van der Waals surface area (Å²) in [6.45, 7) is 0. The smallest absolute Gasteiger partial charge is 0.268 e. The third-order valence-electron chi connectivity index (χ3n) is 4.13. The molecule has 4 aromatic rings. The monoisotopic (exact) mass is 451 g/mol. The van der Waals surface area contributed by atoms with E-state index in [9.17, 15) is 9.59 Å². The first-order chi connectivity index (χ1) is 13.6. The molecule has 0 unspecified atom stereocenters. The van der Waals surface area contributed by atoms with Gasteiger partial charge in [0.15, 0.2) is 0 Å². The van der Waals surface area contributed by atoms with E-state index in [0.717, 1.165) is 25.8 Å². The van der Waals surface area contributed by atoms with Gasteiger partial charge in [-0.25, -0.2) is 9.66 Å². The van der Waals surface area contributed by atoms with Crippen LogP contribution >= 0.6 is 27.3 Å². The number of benzene rings is 2. The van der Waals surface area contributed by atoms with Gasteiger partial charge >= 0.3 is 0 Å². The molecule has 0 aliphatic carbocycles. The topological polar surface area (TPSA) is 64.0 Å². The summed E-state index contributed by atoms with van der Waals surface area (Å²) in [5.41, 5.74) is 4.86. The van der Waals surface area contributed by atoms with Gasteiger partial charge in [-0.15, -0.1) is 11.3 Å². The Morgan fingerprint density at radius 2 is 1.86 bits per heavy atom. The van der Waals surface area contributed by atoms with Crippen LogP contribution < -0.4 is 11.0 Å². The number of nitrogens with zero attached hydrogens (tertiary/aromatic N) is 2. The Bertz CT molecular complexity index is 1250. The summed E-state index contributed by atoms with van der Waals surface area (Å²) in [6, 6.07) is 17.2. The maximum atomic E-state index is 12.9. The van der Waals surface area contributed by atoms with Crippen molar-refractivity contribution in [1.82, 2.24) is 9.66 Å². The van der Waals surface area contributed by atoms with Crippen molar-refractivity contribution in [2.24, 2.45) is 0 Å². The van der Waals surface area contributed by atoms with E-state index in [2.05, 4.69) is 26.3 Å². The molecule has 0 aliphatic heterocycles. The molecule has 7 heteroatoms. The van der Waals surface area contributed by atoms with Gasteiger partial charge in [-0.05, 0) is 23.3 Å². The van der Waals surface area contributed by atoms with E-state index in [1.165, 1.54) is 23.7 Å². The molecule has 0 bridgehead atoms. The average Bonchev–Trinajstić information content (AvgIpc) is 3.15. The van der Waals surface area contributed by atoms with Crippen LogP contribution in [0.1, 0.15) is 5.56 Å². The van der Waals surface area contributed by atoms with E-state index >= 15 is 0 Å². The van der Waals surface area contributed by atoms with Gasteiger partial charge in [0.1, 0.15) is 11.2 Å². The highest BCUT2D eigenvalue weighted by molar-refractivity contribution is 9.10. The zero-order valence-corrected chi connectivity index (χ0v) is 16.9. The maximum Gasteiger partial charge on any atom is 0.281 e. The van der Waals surface area contributed by atoms with Crippen LogP contribution in [0.3, 0.4) is 0 Å². The second-order valence-electron chi connectivity index (χ2n) is 5.95. The third-order valence-corrected chi connectivity index (χ3v) is 5.74. The highest BCUT2D eigenvalue weighted by Gasteiger charge is 2.13. The first-order valence-electron chi connectivity index (χ1n) is 8.41. The zero-order valence-electron chi connectivity index (χ0n) is 14.5. The number of carbonyl (C=O) groups is 1. The quantitative estimate of drug-likeness (QED) is 0.458. The lowest BCUT2D eigenvalue weighted by Crippen LogP contribution is -2.32. The predicted molar refractivity (Wildman–Crippen MR) is 117 cm³/mol. The third kappa shape index (κ3) is 3.67. The van der Waals surface area contributed by atoms with Crippen molar-refractivity contribution in [2.45, 2.75) is 0 Å². The summed E-state index contributed by atoms with van der Waals surface area (Å²) in [5, 5.41) is 2.40. The van der Waals surface area contributed by atoms with Crippen molar-refractivity contribution in [3.63, 3.8) is 0 Å². The molecule has 0 aliphatic rings. The molecule has 0 saturated carbocycles. The second kappa shape index (κ2) is 7.92. The van der Waals surface area contributed by atoms with Crippen LogP contribution in [-0.2, 0) is 4.79 Å². The highest BCUT2D eigenvalue weighted by Crippen LogP contribution is 2.30. The molecule has 0 radical (unpaired) electrons. The van der Waals surface area contributed by atoms with Crippen LogP contribution in [0.5, 0.6) is 0 Å². The van der Waals surface area contributed by atoms with E-state index in [1.54, 1.807) is 6.08 Å². The van der Waals surface area contributed by atoms with Gasteiger partial charge in [-0.1, -0.05) is 64.5 Å². The summed E-state index contributed by atoms with van der Waals surface area (Å²) in [5.74, 6) is -0.421. The highest BCUT2D eigenvalue weighted by atomic mass is 79.9. The number of amides is 1. The Balaban J connectivity index is 1.65. The summed E-state index contributed by atoms with van der Waals surface area (Å²) in [6.07, 6.45) is 4.39. The van der Waals surface area contributed by atoms with Crippen LogP contribution in [0.25, 0.3) is 27.4 Å². The molecule has 0 atom stereocenters. The number of hydrogen-bond acceptors (Lipinski definition) is 4. The normalized spacial score (nSPS) is 11.2. The maximum absolute atomic E-state index is 12.9. The summed E-state index contributed by atoms with van der Waals surface area (Å²) < 4.78 is 2.00. The number of thiophene rings is 1. The molecule has 2 aromatic carbocycles. The fourth-order valence-electron chi connectivity index (χ4n) is 2.77. The number of halogens is 1. The zero-order chi connectivity index (χ0) is 19.5. The molecule has 138 valence electrons. The Morgan fingerprint density at radius 3 is 2.64 bits per heavy atom. The van der Waals surface area contributed by atoms with Crippen LogP contribution in [0.15, 0.2) is 81.6 Å². The molecule has 1 amide bonds. The van der Waals surface area contributed by atoms with Crippen molar-refractivity contribution in [1.29, 1.82) is 0 Å². The molecule has 0 spiro atoms. The Labute approximate surface area is 173 Å². The lowest BCUT2D eigenvalue weighted by Gasteiger charge is -2.06. The van der Waals surface area contributed by atoms with Gasteiger partial charge in [0.2, 0.25) is 0 Å². The minimum Gasteiger partial charge on any atom is -0.268 e. The fourth-order valence-corrected chi connectivity index (χ4v) is 4.10. The van der Waals surface area contributed by atoms with E-state index in [4.69, 9.17) is 0 Å². The number of aromatic nitrogens is 2. The van der Waals surface area contributed by atoms with Gasteiger partial charge in [0.05, 0.1) is 5.39 Å². The van der Waals surface area contributed by atoms with Crippen LogP contribution in [0.4, 0.5) is 0 Å². The van der Waals surface area contributed by atoms with E-state index < -0.39 is 5.91 Å². The van der Waals surface area contributed by atoms with Gasteiger partial charge in [0.25, 0.3) is 11.5 Å². The number of fused-ring (bicyclic) bond motifs is 1. The Kier molecular flexibility index (Phi) is 5.18. The molecule has 28 heavy (non-hydrogen) atoms. The SMILES string of the molecule is O=C(C=Cc1ccccc1Br)Nn1cnc2scc(-c3ccccc3)c2c1=O. The lowest BCUT2D eigenvalue weighted by atomic mass is 10.1. The predicted octanol–water partition coefficient (Wildman–Crippen LogP) is 4.67. The van der Waals surface area contributed by atoms with E-state index in [0.29, 0.717) is 10.2 Å². The Hall–Kier alpha value is -3.03. The Morgan fingerprint density at radius 1 is 1.11 bits per heavy atom. The second-order valence-corrected chi connectivity index (χ2v) is 7.66. The number of nitrogens with one attached hydrogen (secondary N) is 1. The van der Waals surface area contributed by atoms with Crippen molar-refractivity contribution in [3.8, 4) is 11.1 Å².